The molecule has 0 bridgehead atoms. The fourth-order valence-electron chi connectivity index (χ4n) is 1.35. The highest BCUT2D eigenvalue weighted by atomic mass is 35.5. The SMILES string of the molecule is Cl.Nc1cccc(CCCCC(=O)O)c1. The van der Waals surface area contributed by atoms with Crippen molar-refractivity contribution >= 4 is 24.1 Å². The maximum Gasteiger partial charge on any atom is 0.303 e. The Hall–Kier alpha value is -1.22. The first kappa shape index (κ1) is 13.8. The van der Waals surface area contributed by atoms with Crippen molar-refractivity contribution in [3.63, 3.8) is 0 Å². The van der Waals surface area contributed by atoms with E-state index in [-0.39, 0.29) is 18.8 Å². The van der Waals surface area contributed by atoms with Crippen molar-refractivity contribution in [2.45, 2.75) is 25.7 Å². The molecule has 3 N–H and O–H groups in total. The zero-order valence-electron chi connectivity index (χ0n) is 8.48. The third-order valence-electron chi connectivity index (χ3n) is 2.06. The lowest BCUT2D eigenvalue weighted by Crippen LogP contribution is -1.95. The molecule has 0 amide bonds. The van der Waals surface area contributed by atoms with Crippen molar-refractivity contribution in [2.24, 2.45) is 0 Å². The number of carbonyl (C=O) groups is 1. The number of benzene rings is 1. The summed E-state index contributed by atoms with van der Waals surface area (Å²) in [5, 5.41) is 8.43. The number of aryl methyl sites for hydroxylation is 1. The Morgan fingerprint density at radius 2 is 2.07 bits per heavy atom. The lowest BCUT2D eigenvalue weighted by Gasteiger charge is -2.01. The molecule has 1 aromatic carbocycles. The first-order chi connectivity index (χ1) is 6.68. The van der Waals surface area contributed by atoms with Crippen LogP contribution in [0, 0.1) is 0 Å². The Morgan fingerprint density at radius 3 is 2.67 bits per heavy atom. The number of anilines is 1. The second kappa shape index (κ2) is 7.12. The van der Waals surface area contributed by atoms with Gasteiger partial charge in [-0.2, -0.15) is 0 Å². The van der Waals surface area contributed by atoms with Crippen LogP contribution in [0.2, 0.25) is 0 Å². The van der Waals surface area contributed by atoms with E-state index in [4.69, 9.17) is 10.8 Å². The van der Waals surface area contributed by atoms with E-state index in [1.165, 1.54) is 5.56 Å². The van der Waals surface area contributed by atoms with Gasteiger partial charge in [0.2, 0.25) is 0 Å². The first-order valence-corrected chi connectivity index (χ1v) is 4.74. The van der Waals surface area contributed by atoms with E-state index in [2.05, 4.69) is 0 Å². The molecular formula is C11H16ClNO2. The topological polar surface area (TPSA) is 63.3 Å². The van der Waals surface area contributed by atoms with E-state index >= 15 is 0 Å². The molecule has 1 aromatic rings. The molecule has 0 atom stereocenters. The molecule has 4 heteroatoms. The van der Waals surface area contributed by atoms with Crippen LogP contribution in [0.15, 0.2) is 24.3 Å². The van der Waals surface area contributed by atoms with Gasteiger partial charge in [-0.3, -0.25) is 4.79 Å². The largest absolute Gasteiger partial charge is 0.481 e. The number of rotatable bonds is 5. The van der Waals surface area contributed by atoms with Gasteiger partial charge in [0.05, 0.1) is 0 Å². The maximum absolute atomic E-state index is 10.2. The zero-order chi connectivity index (χ0) is 10.4. The van der Waals surface area contributed by atoms with Crippen LogP contribution in [0.4, 0.5) is 5.69 Å². The normalized spacial score (nSPS) is 9.33. The Bertz CT molecular complexity index is 315. The molecule has 0 aromatic heterocycles. The third kappa shape index (κ3) is 5.96. The molecule has 1 rings (SSSR count). The number of aliphatic carboxylic acids is 1. The summed E-state index contributed by atoms with van der Waals surface area (Å²) < 4.78 is 0. The molecule has 0 unspecified atom stereocenters. The van der Waals surface area contributed by atoms with Gasteiger partial charge in [-0.1, -0.05) is 12.1 Å². The molecule has 0 aliphatic heterocycles. The zero-order valence-corrected chi connectivity index (χ0v) is 9.30. The van der Waals surface area contributed by atoms with E-state index in [9.17, 15) is 4.79 Å². The molecule has 0 saturated carbocycles. The van der Waals surface area contributed by atoms with E-state index in [0.29, 0.717) is 0 Å². The first-order valence-electron chi connectivity index (χ1n) is 4.74. The summed E-state index contributed by atoms with van der Waals surface area (Å²) in [6.07, 6.45) is 2.78. The molecule has 0 heterocycles. The Labute approximate surface area is 95.7 Å². The summed E-state index contributed by atoms with van der Waals surface area (Å²) >= 11 is 0. The van der Waals surface area contributed by atoms with Crippen LogP contribution in [0.1, 0.15) is 24.8 Å². The van der Waals surface area contributed by atoms with Crippen molar-refractivity contribution in [1.29, 1.82) is 0 Å². The van der Waals surface area contributed by atoms with Crippen molar-refractivity contribution < 1.29 is 9.90 Å². The molecule has 84 valence electrons. The van der Waals surface area contributed by atoms with Crippen molar-refractivity contribution in [2.75, 3.05) is 5.73 Å². The van der Waals surface area contributed by atoms with Crippen molar-refractivity contribution in [3.8, 4) is 0 Å². The number of hydrogen-bond acceptors (Lipinski definition) is 2. The van der Waals surface area contributed by atoms with Crippen LogP contribution in [-0.4, -0.2) is 11.1 Å². The number of carboxylic acid groups (broad SMARTS) is 1. The van der Waals surface area contributed by atoms with Crippen LogP contribution >= 0.6 is 12.4 Å². The number of carboxylic acids is 1. The van der Waals surface area contributed by atoms with E-state index in [1.54, 1.807) is 0 Å². The molecule has 0 spiro atoms. The van der Waals surface area contributed by atoms with Gasteiger partial charge in [-0.05, 0) is 37.0 Å². The minimum atomic E-state index is -0.724. The maximum atomic E-state index is 10.2. The molecule has 0 saturated heterocycles. The second-order valence-electron chi connectivity index (χ2n) is 3.35. The number of nitrogens with two attached hydrogens (primary N) is 1. The lowest BCUT2D eigenvalue weighted by atomic mass is 10.1. The molecule has 15 heavy (non-hydrogen) atoms. The van der Waals surface area contributed by atoms with Gasteiger partial charge in [0, 0.05) is 12.1 Å². The van der Waals surface area contributed by atoms with Crippen molar-refractivity contribution in [3.05, 3.63) is 29.8 Å². The van der Waals surface area contributed by atoms with Crippen LogP contribution in [0.3, 0.4) is 0 Å². The standard InChI is InChI=1S/C11H15NO2.ClH/c12-10-6-3-5-9(8-10)4-1-2-7-11(13)14;/h3,5-6,8H,1-2,4,7,12H2,(H,13,14);1H. The monoisotopic (exact) mass is 229 g/mol. The Balaban J connectivity index is 0.00000196. The van der Waals surface area contributed by atoms with Gasteiger partial charge in [-0.25, -0.2) is 0 Å². The van der Waals surface area contributed by atoms with Gasteiger partial charge in [-0.15, -0.1) is 12.4 Å². The van der Waals surface area contributed by atoms with Gasteiger partial charge in [0.25, 0.3) is 0 Å². The van der Waals surface area contributed by atoms with Gasteiger partial charge in [0.15, 0.2) is 0 Å². The van der Waals surface area contributed by atoms with Crippen LogP contribution in [0.25, 0.3) is 0 Å². The molecule has 3 nitrogen and oxygen atoms in total. The lowest BCUT2D eigenvalue weighted by molar-refractivity contribution is -0.137. The fourth-order valence-corrected chi connectivity index (χ4v) is 1.35. The molecule has 0 aliphatic rings. The number of nitrogen functional groups attached to an aromatic ring is 1. The minimum absolute atomic E-state index is 0. The Morgan fingerprint density at radius 1 is 1.33 bits per heavy atom. The van der Waals surface area contributed by atoms with Gasteiger partial charge in [0.1, 0.15) is 0 Å². The number of halogens is 1. The molecule has 0 radical (unpaired) electrons. The Kier molecular flexibility index (Phi) is 6.54. The van der Waals surface area contributed by atoms with E-state index in [0.717, 1.165) is 24.9 Å². The summed E-state index contributed by atoms with van der Waals surface area (Å²) in [5.74, 6) is -0.724. The van der Waals surface area contributed by atoms with Gasteiger partial charge < -0.3 is 10.8 Å². The number of hydrogen-bond donors (Lipinski definition) is 2. The minimum Gasteiger partial charge on any atom is -0.481 e. The highest BCUT2D eigenvalue weighted by Crippen LogP contribution is 2.10. The smallest absolute Gasteiger partial charge is 0.303 e. The molecule has 0 aliphatic carbocycles. The van der Waals surface area contributed by atoms with Crippen LogP contribution in [-0.2, 0) is 11.2 Å². The highest BCUT2D eigenvalue weighted by molar-refractivity contribution is 5.85. The summed E-state index contributed by atoms with van der Waals surface area (Å²) in [6.45, 7) is 0. The average molecular weight is 230 g/mol. The summed E-state index contributed by atoms with van der Waals surface area (Å²) in [5.41, 5.74) is 7.56. The second-order valence-corrected chi connectivity index (χ2v) is 3.35. The number of unbranched alkanes of at least 4 members (excludes halogenated alkanes) is 1. The quantitative estimate of drug-likeness (QED) is 0.602. The highest BCUT2D eigenvalue weighted by Gasteiger charge is 1.97. The van der Waals surface area contributed by atoms with Gasteiger partial charge >= 0.3 is 5.97 Å². The summed E-state index contributed by atoms with van der Waals surface area (Å²) in [4.78, 5) is 10.2. The summed E-state index contributed by atoms with van der Waals surface area (Å²) in [6, 6.07) is 7.71. The molecule has 0 fully saturated rings. The average Bonchev–Trinajstić information content (AvgIpc) is 2.12. The van der Waals surface area contributed by atoms with E-state index in [1.807, 2.05) is 24.3 Å². The summed E-state index contributed by atoms with van der Waals surface area (Å²) in [7, 11) is 0. The molecular weight excluding hydrogens is 214 g/mol. The van der Waals surface area contributed by atoms with Crippen LogP contribution in [0.5, 0.6) is 0 Å². The van der Waals surface area contributed by atoms with E-state index < -0.39 is 5.97 Å². The van der Waals surface area contributed by atoms with Crippen LogP contribution < -0.4 is 5.73 Å². The third-order valence-corrected chi connectivity index (χ3v) is 2.06. The fraction of sp³-hybridized carbons (Fsp3) is 0.364. The predicted octanol–water partition coefficient (Wildman–Crippen LogP) is 2.49. The predicted molar refractivity (Wildman–Crippen MR) is 63.3 cm³/mol. The van der Waals surface area contributed by atoms with Crippen molar-refractivity contribution in [1.82, 2.24) is 0 Å².